The van der Waals surface area contributed by atoms with Crippen molar-refractivity contribution in [3.05, 3.63) is 51.9 Å². The number of hydrazine groups is 1. The van der Waals surface area contributed by atoms with Gasteiger partial charge < -0.3 is 9.15 Å². The monoisotopic (exact) mass is 300 g/mol. The lowest BCUT2D eigenvalue weighted by Crippen LogP contribution is -2.30. The highest BCUT2D eigenvalue weighted by Crippen LogP contribution is 2.28. The number of nitrogens with two attached hydrogens (primary N) is 1. The molecular weight excluding hydrogens is 291 g/mol. The number of hydrogen-bond acceptors (Lipinski definition) is 4. The molecule has 1 amide bonds. The minimum Gasteiger partial charge on any atom is -0.484 e. The van der Waals surface area contributed by atoms with E-state index in [2.05, 4.69) is 0 Å². The minimum absolute atomic E-state index is 0.0375. The van der Waals surface area contributed by atoms with Crippen LogP contribution >= 0.6 is 23.2 Å². The van der Waals surface area contributed by atoms with Crippen LogP contribution in [0.3, 0.4) is 0 Å². The van der Waals surface area contributed by atoms with Crippen LogP contribution in [-0.2, 0) is 6.61 Å². The van der Waals surface area contributed by atoms with Gasteiger partial charge in [-0.3, -0.25) is 10.2 Å². The first-order chi connectivity index (χ1) is 9.11. The summed E-state index contributed by atoms with van der Waals surface area (Å²) in [6, 6.07) is 6.35. The van der Waals surface area contributed by atoms with E-state index in [0.29, 0.717) is 27.1 Å². The molecule has 0 fully saturated rings. The largest absolute Gasteiger partial charge is 0.484 e. The van der Waals surface area contributed by atoms with E-state index in [1.165, 1.54) is 12.3 Å². The predicted molar refractivity (Wildman–Crippen MR) is 71.2 cm³/mol. The molecule has 3 N–H and O–H groups in total. The number of halogens is 2. The van der Waals surface area contributed by atoms with Crippen LogP contribution in [-0.4, -0.2) is 5.91 Å². The molecule has 100 valence electrons. The summed E-state index contributed by atoms with van der Waals surface area (Å²) >= 11 is 11.8. The van der Waals surface area contributed by atoms with Gasteiger partial charge in [0, 0.05) is 11.1 Å². The fourth-order valence-electron chi connectivity index (χ4n) is 1.46. The maximum atomic E-state index is 11.4. The van der Waals surface area contributed by atoms with E-state index in [1.54, 1.807) is 18.2 Å². The fourth-order valence-corrected chi connectivity index (χ4v) is 1.80. The summed E-state index contributed by atoms with van der Waals surface area (Å²) < 4.78 is 10.6. The van der Waals surface area contributed by atoms with Gasteiger partial charge in [-0.1, -0.05) is 23.2 Å². The summed E-state index contributed by atoms with van der Waals surface area (Å²) in [5.74, 6) is 5.36. The molecule has 19 heavy (non-hydrogen) atoms. The molecule has 7 heteroatoms. The highest BCUT2D eigenvalue weighted by molar-refractivity contribution is 6.34. The topological polar surface area (TPSA) is 77.5 Å². The van der Waals surface area contributed by atoms with Crippen molar-refractivity contribution < 1.29 is 13.9 Å². The quantitative estimate of drug-likeness (QED) is 0.517. The van der Waals surface area contributed by atoms with Crippen molar-refractivity contribution in [1.82, 2.24) is 5.43 Å². The minimum atomic E-state index is -0.454. The van der Waals surface area contributed by atoms with Crippen LogP contribution in [0.1, 0.15) is 16.1 Å². The third kappa shape index (κ3) is 3.20. The van der Waals surface area contributed by atoms with Crippen molar-refractivity contribution in [2.75, 3.05) is 0 Å². The second-order valence-corrected chi connectivity index (χ2v) is 4.44. The normalized spacial score (nSPS) is 10.3. The smallest absolute Gasteiger partial charge is 0.268 e. The fraction of sp³-hybridized carbons (Fsp3) is 0.0833. The average molecular weight is 301 g/mol. The number of ether oxygens (including phenoxy) is 1. The van der Waals surface area contributed by atoms with E-state index < -0.39 is 5.91 Å². The zero-order chi connectivity index (χ0) is 13.8. The van der Waals surface area contributed by atoms with Crippen LogP contribution in [0.25, 0.3) is 0 Å². The maximum absolute atomic E-state index is 11.4. The third-order valence-electron chi connectivity index (χ3n) is 2.37. The Kier molecular flexibility index (Phi) is 4.31. The average Bonchev–Trinajstić information content (AvgIpc) is 2.87. The molecule has 1 aromatic carbocycles. The molecule has 0 aliphatic heterocycles. The van der Waals surface area contributed by atoms with Gasteiger partial charge in [0.05, 0.1) is 16.8 Å². The molecule has 1 aromatic heterocycles. The lowest BCUT2D eigenvalue weighted by atomic mass is 10.2. The summed E-state index contributed by atoms with van der Waals surface area (Å²) in [5, 5.41) is 0.916. The van der Waals surface area contributed by atoms with Crippen molar-refractivity contribution in [3.8, 4) is 5.75 Å². The van der Waals surface area contributed by atoms with Gasteiger partial charge in [-0.25, -0.2) is 5.84 Å². The molecule has 0 spiro atoms. The molecular formula is C12H10Cl2N2O3. The number of carbonyl (C=O) groups is 1. The number of benzene rings is 1. The summed E-state index contributed by atoms with van der Waals surface area (Å²) in [6.45, 7) is 0.0375. The van der Waals surface area contributed by atoms with Gasteiger partial charge in [0.2, 0.25) is 0 Å². The zero-order valence-electron chi connectivity index (χ0n) is 9.65. The van der Waals surface area contributed by atoms with Crippen molar-refractivity contribution >= 4 is 29.1 Å². The predicted octanol–water partition coefficient (Wildman–Crippen LogP) is 2.77. The molecule has 0 aliphatic rings. The standard InChI is InChI=1S/C12H10Cl2N2O3/c13-7-1-2-9(14)10(5-7)19-6-11-8(3-4-18-11)12(17)16-15/h1-5H,6,15H2,(H,16,17). The van der Waals surface area contributed by atoms with Gasteiger partial charge >= 0.3 is 0 Å². The van der Waals surface area contributed by atoms with E-state index in [1.807, 2.05) is 5.43 Å². The molecule has 0 saturated carbocycles. The Morgan fingerprint density at radius 2 is 2.16 bits per heavy atom. The molecule has 0 unspecified atom stereocenters. The first-order valence-corrected chi connectivity index (χ1v) is 6.02. The summed E-state index contributed by atoms with van der Waals surface area (Å²) in [5.41, 5.74) is 2.33. The number of carbonyl (C=O) groups excluding carboxylic acids is 1. The molecule has 0 saturated heterocycles. The Bertz CT molecular complexity index is 598. The summed E-state index contributed by atoms with van der Waals surface area (Å²) in [7, 11) is 0. The van der Waals surface area contributed by atoms with Gasteiger partial charge in [-0.2, -0.15) is 0 Å². The van der Waals surface area contributed by atoms with Gasteiger partial charge in [-0.15, -0.1) is 0 Å². The molecule has 2 rings (SSSR count). The first-order valence-electron chi connectivity index (χ1n) is 5.27. The van der Waals surface area contributed by atoms with Crippen LogP contribution in [0.4, 0.5) is 0 Å². The Hall–Kier alpha value is -1.69. The molecule has 5 nitrogen and oxygen atoms in total. The Morgan fingerprint density at radius 1 is 1.37 bits per heavy atom. The van der Waals surface area contributed by atoms with Crippen molar-refractivity contribution in [2.45, 2.75) is 6.61 Å². The number of furan rings is 1. The lowest BCUT2D eigenvalue weighted by molar-refractivity contribution is 0.0949. The Morgan fingerprint density at radius 3 is 2.89 bits per heavy atom. The third-order valence-corrected chi connectivity index (χ3v) is 2.92. The van der Waals surface area contributed by atoms with Gasteiger partial charge in [0.1, 0.15) is 12.4 Å². The zero-order valence-corrected chi connectivity index (χ0v) is 11.2. The first kappa shape index (κ1) is 13.7. The van der Waals surface area contributed by atoms with Gasteiger partial charge in [0.25, 0.3) is 5.91 Å². The Balaban J connectivity index is 2.13. The van der Waals surface area contributed by atoms with Crippen molar-refractivity contribution in [3.63, 3.8) is 0 Å². The number of nitrogen functional groups attached to an aromatic ring is 1. The molecule has 2 aromatic rings. The molecule has 0 radical (unpaired) electrons. The van der Waals surface area contributed by atoms with E-state index in [9.17, 15) is 4.79 Å². The SMILES string of the molecule is NNC(=O)c1ccoc1COc1cc(Cl)ccc1Cl. The number of hydrogen-bond donors (Lipinski definition) is 2. The van der Waals surface area contributed by atoms with Gasteiger partial charge in [0.15, 0.2) is 5.76 Å². The molecule has 0 aliphatic carbocycles. The summed E-state index contributed by atoms with van der Waals surface area (Å²) in [6.07, 6.45) is 1.38. The molecule has 0 bridgehead atoms. The number of rotatable bonds is 4. The van der Waals surface area contributed by atoms with Crippen LogP contribution < -0.4 is 16.0 Å². The second-order valence-electron chi connectivity index (χ2n) is 3.59. The van der Waals surface area contributed by atoms with Gasteiger partial charge in [-0.05, 0) is 18.2 Å². The molecule has 0 atom stereocenters. The van der Waals surface area contributed by atoms with Crippen molar-refractivity contribution in [1.29, 1.82) is 0 Å². The van der Waals surface area contributed by atoms with E-state index in [0.717, 1.165) is 0 Å². The highest BCUT2D eigenvalue weighted by Gasteiger charge is 2.14. The van der Waals surface area contributed by atoms with Crippen LogP contribution in [0.15, 0.2) is 34.9 Å². The lowest BCUT2D eigenvalue weighted by Gasteiger charge is -2.07. The summed E-state index contributed by atoms with van der Waals surface area (Å²) in [4.78, 5) is 11.4. The molecule has 1 heterocycles. The van der Waals surface area contributed by atoms with Crippen LogP contribution in [0, 0.1) is 0 Å². The second kappa shape index (κ2) is 5.97. The maximum Gasteiger partial charge on any atom is 0.268 e. The van der Waals surface area contributed by atoms with E-state index >= 15 is 0 Å². The number of amides is 1. The van der Waals surface area contributed by atoms with E-state index in [-0.39, 0.29) is 6.61 Å². The number of nitrogens with one attached hydrogen (secondary N) is 1. The van der Waals surface area contributed by atoms with Crippen LogP contribution in [0.5, 0.6) is 5.75 Å². The Labute approximate surface area is 119 Å². The van der Waals surface area contributed by atoms with Crippen molar-refractivity contribution in [2.24, 2.45) is 5.84 Å². The van der Waals surface area contributed by atoms with Crippen LogP contribution in [0.2, 0.25) is 10.0 Å². The highest BCUT2D eigenvalue weighted by atomic mass is 35.5. The van der Waals surface area contributed by atoms with E-state index in [4.69, 9.17) is 38.2 Å².